The molecule has 8 nitrogen and oxygen atoms in total. The van der Waals surface area contributed by atoms with Gasteiger partial charge in [0.05, 0.1) is 35.1 Å². The van der Waals surface area contributed by atoms with Crippen molar-refractivity contribution in [3.05, 3.63) is 70.8 Å². The second kappa shape index (κ2) is 10.2. The smallest absolute Gasteiger partial charge is 0.251 e. The number of hydrogen-bond donors (Lipinski definition) is 2. The van der Waals surface area contributed by atoms with Crippen molar-refractivity contribution in [2.24, 2.45) is 7.05 Å². The highest BCUT2D eigenvalue weighted by atomic mass is 35.5. The Balaban J connectivity index is 1.31. The van der Waals surface area contributed by atoms with Gasteiger partial charge in [-0.1, -0.05) is 23.7 Å². The fourth-order valence-corrected chi connectivity index (χ4v) is 4.29. The van der Waals surface area contributed by atoms with E-state index in [0.29, 0.717) is 41.3 Å². The van der Waals surface area contributed by atoms with Crippen molar-refractivity contribution < 1.29 is 18.3 Å². The zero-order valence-corrected chi connectivity index (χ0v) is 20.1. The summed E-state index contributed by atoms with van der Waals surface area (Å²) in [4.78, 5) is 21.7. The first kappa shape index (κ1) is 24.1. The van der Waals surface area contributed by atoms with Gasteiger partial charge in [0.2, 0.25) is 5.95 Å². The van der Waals surface area contributed by atoms with Crippen LogP contribution >= 0.6 is 11.6 Å². The maximum atomic E-state index is 14.1. The highest BCUT2D eigenvalue weighted by Gasteiger charge is 2.26. The molecular formula is C25H23ClF2N6O2. The average molecular weight is 513 g/mol. The molecule has 2 unspecified atom stereocenters. The first-order chi connectivity index (χ1) is 17.4. The maximum Gasteiger partial charge on any atom is 0.251 e. The number of ether oxygens (including phenoxy) is 1. The van der Waals surface area contributed by atoms with Gasteiger partial charge in [0.15, 0.2) is 0 Å². The number of fused-ring (bicyclic) bond motifs is 1. The van der Waals surface area contributed by atoms with Crippen LogP contribution in [-0.4, -0.2) is 51.1 Å². The lowest BCUT2D eigenvalue weighted by molar-refractivity contribution is 0.0284. The SMILES string of the molecule is Cn1ncc(CNC(=O)c2ccc3cnc(NC4CCOCC4F)nc3c2)c1-c1ccc(Cl)c(F)c1. The summed E-state index contributed by atoms with van der Waals surface area (Å²) in [5.41, 5.74) is 2.96. The molecule has 0 radical (unpaired) electrons. The Morgan fingerprint density at radius 3 is 2.92 bits per heavy atom. The van der Waals surface area contributed by atoms with Gasteiger partial charge in [-0.25, -0.2) is 18.7 Å². The van der Waals surface area contributed by atoms with Crippen LogP contribution in [0.25, 0.3) is 22.2 Å². The lowest BCUT2D eigenvalue weighted by Crippen LogP contribution is -2.39. The molecular weight excluding hydrogens is 490 g/mol. The number of halogens is 3. The van der Waals surface area contributed by atoms with Crippen LogP contribution in [0.4, 0.5) is 14.7 Å². The first-order valence-electron chi connectivity index (χ1n) is 11.4. The van der Waals surface area contributed by atoms with E-state index in [1.54, 1.807) is 48.4 Å². The van der Waals surface area contributed by atoms with Gasteiger partial charge in [0.1, 0.15) is 12.0 Å². The van der Waals surface area contributed by atoms with Crippen LogP contribution in [0.3, 0.4) is 0 Å². The van der Waals surface area contributed by atoms with Crippen molar-refractivity contribution in [3.8, 4) is 11.3 Å². The fourth-order valence-electron chi connectivity index (χ4n) is 4.17. The molecule has 1 amide bonds. The monoisotopic (exact) mass is 512 g/mol. The van der Waals surface area contributed by atoms with E-state index in [2.05, 4.69) is 25.7 Å². The summed E-state index contributed by atoms with van der Waals surface area (Å²) in [7, 11) is 1.74. The van der Waals surface area contributed by atoms with Crippen LogP contribution in [-0.2, 0) is 18.3 Å². The number of anilines is 1. The number of rotatable bonds is 6. The van der Waals surface area contributed by atoms with E-state index in [1.807, 2.05) is 0 Å². The molecule has 2 N–H and O–H groups in total. The molecule has 2 aromatic carbocycles. The number of nitrogens with one attached hydrogen (secondary N) is 2. The van der Waals surface area contributed by atoms with E-state index in [0.717, 1.165) is 10.9 Å². The Kier molecular flexibility index (Phi) is 6.80. The van der Waals surface area contributed by atoms with E-state index in [4.69, 9.17) is 16.3 Å². The third-order valence-electron chi connectivity index (χ3n) is 6.09. The van der Waals surface area contributed by atoms with Gasteiger partial charge in [-0.05, 0) is 30.7 Å². The van der Waals surface area contributed by atoms with Crippen LogP contribution in [0.15, 0.2) is 48.8 Å². The summed E-state index contributed by atoms with van der Waals surface area (Å²) < 4.78 is 34.8. The van der Waals surface area contributed by atoms with Crippen molar-refractivity contribution in [1.82, 2.24) is 25.1 Å². The summed E-state index contributed by atoms with van der Waals surface area (Å²) >= 11 is 5.81. The molecule has 2 aromatic heterocycles. The van der Waals surface area contributed by atoms with Crippen molar-refractivity contribution in [2.45, 2.75) is 25.2 Å². The van der Waals surface area contributed by atoms with E-state index in [9.17, 15) is 13.6 Å². The number of carbonyl (C=O) groups excluding carboxylic acids is 1. The number of amides is 1. The zero-order chi connectivity index (χ0) is 25.2. The molecule has 36 heavy (non-hydrogen) atoms. The highest BCUT2D eigenvalue weighted by molar-refractivity contribution is 6.30. The Labute approximate surface area is 210 Å². The second-order valence-electron chi connectivity index (χ2n) is 8.55. The average Bonchev–Trinajstić information content (AvgIpc) is 3.25. The van der Waals surface area contributed by atoms with E-state index in [-0.39, 0.29) is 24.1 Å². The quantitative estimate of drug-likeness (QED) is 0.400. The van der Waals surface area contributed by atoms with Crippen LogP contribution in [0, 0.1) is 5.82 Å². The van der Waals surface area contributed by atoms with Crippen molar-refractivity contribution in [2.75, 3.05) is 18.5 Å². The Morgan fingerprint density at radius 1 is 1.25 bits per heavy atom. The summed E-state index contributed by atoms with van der Waals surface area (Å²) in [6.07, 6.45) is 2.63. The summed E-state index contributed by atoms with van der Waals surface area (Å²) in [5.74, 6) is -0.545. The fraction of sp³-hybridized carbons (Fsp3) is 0.280. The van der Waals surface area contributed by atoms with Crippen LogP contribution < -0.4 is 10.6 Å². The van der Waals surface area contributed by atoms with Crippen molar-refractivity contribution in [3.63, 3.8) is 0 Å². The molecule has 0 aliphatic carbocycles. The standard InChI is InChI=1S/C25H23ClF2N6O2/c1-34-23(14-4-5-18(26)19(27)8-14)17(12-31-34)11-29-24(35)15-2-3-16-10-30-25(33-22(16)9-15)32-21-6-7-36-13-20(21)28/h2-5,8-10,12,20-21H,6-7,11,13H2,1H3,(H,29,35)(H,30,32,33). The van der Waals surface area contributed by atoms with E-state index >= 15 is 0 Å². The first-order valence-corrected chi connectivity index (χ1v) is 11.8. The summed E-state index contributed by atoms with van der Waals surface area (Å²) in [5, 5.41) is 10.9. The number of nitrogens with zero attached hydrogens (tertiary/aromatic N) is 4. The Hall–Kier alpha value is -3.63. The van der Waals surface area contributed by atoms with Crippen LogP contribution in [0.1, 0.15) is 22.3 Å². The third kappa shape index (κ3) is 5.00. The molecule has 1 aliphatic rings. The topological polar surface area (TPSA) is 94.0 Å². The molecule has 0 bridgehead atoms. The molecule has 1 saturated heterocycles. The third-order valence-corrected chi connectivity index (χ3v) is 6.40. The number of aromatic nitrogens is 4. The molecule has 0 saturated carbocycles. The van der Waals surface area contributed by atoms with Crippen LogP contribution in [0.2, 0.25) is 5.02 Å². The van der Waals surface area contributed by atoms with Gasteiger partial charge >= 0.3 is 0 Å². The number of benzene rings is 2. The maximum absolute atomic E-state index is 14.1. The van der Waals surface area contributed by atoms with Gasteiger partial charge in [0.25, 0.3) is 5.91 Å². The molecule has 4 aromatic rings. The van der Waals surface area contributed by atoms with Crippen molar-refractivity contribution >= 4 is 34.4 Å². The molecule has 3 heterocycles. The summed E-state index contributed by atoms with van der Waals surface area (Å²) in [6.45, 7) is 0.700. The highest BCUT2D eigenvalue weighted by Crippen LogP contribution is 2.27. The second-order valence-corrected chi connectivity index (χ2v) is 8.96. The Morgan fingerprint density at radius 2 is 2.11 bits per heavy atom. The predicted octanol–water partition coefficient (Wildman–Crippen LogP) is 4.29. The molecule has 0 spiro atoms. The van der Waals surface area contributed by atoms with Crippen molar-refractivity contribution in [1.29, 1.82) is 0 Å². The Bertz CT molecular complexity index is 1430. The van der Waals surface area contributed by atoms with Gasteiger partial charge < -0.3 is 15.4 Å². The molecule has 1 fully saturated rings. The van der Waals surface area contributed by atoms with Crippen LogP contribution in [0.5, 0.6) is 0 Å². The number of carbonyl (C=O) groups is 1. The molecule has 1 aliphatic heterocycles. The van der Waals surface area contributed by atoms with Gasteiger partial charge in [-0.2, -0.15) is 5.10 Å². The number of aryl methyl sites for hydroxylation is 1. The lowest BCUT2D eigenvalue weighted by Gasteiger charge is -2.26. The number of alkyl halides is 1. The minimum absolute atomic E-state index is 0.0338. The summed E-state index contributed by atoms with van der Waals surface area (Å²) in [6, 6.07) is 9.20. The molecule has 186 valence electrons. The van der Waals surface area contributed by atoms with E-state index in [1.165, 1.54) is 12.1 Å². The predicted molar refractivity (Wildman–Crippen MR) is 132 cm³/mol. The largest absolute Gasteiger partial charge is 0.378 e. The van der Waals surface area contributed by atoms with E-state index < -0.39 is 18.0 Å². The van der Waals surface area contributed by atoms with Gasteiger partial charge in [0, 0.05) is 48.5 Å². The minimum Gasteiger partial charge on any atom is -0.378 e. The minimum atomic E-state index is -1.14. The lowest BCUT2D eigenvalue weighted by atomic mass is 10.1. The van der Waals surface area contributed by atoms with Gasteiger partial charge in [-0.3, -0.25) is 9.48 Å². The molecule has 5 rings (SSSR count). The normalized spacial score (nSPS) is 17.8. The zero-order valence-electron chi connectivity index (χ0n) is 19.3. The van der Waals surface area contributed by atoms with Gasteiger partial charge in [-0.15, -0.1) is 0 Å². The number of hydrogen-bond acceptors (Lipinski definition) is 6. The molecule has 11 heteroatoms. The molecule has 2 atom stereocenters.